The molecule has 3 rings (SSSR count). The maximum absolute atomic E-state index is 10.9. The fraction of sp³-hybridized carbons (Fsp3) is 0.533. The summed E-state index contributed by atoms with van der Waals surface area (Å²) in [6, 6.07) is 0. The highest BCUT2D eigenvalue weighted by Crippen LogP contribution is 2.39. The van der Waals surface area contributed by atoms with Crippen molar-refractivity contribution in [3.8, 4) is 0 Å². The molecule has 0 fully saturated rings. The SMILES string of the molecule is CC(=O)NCCNc1ncnc2sc3c(c12)CC[C@H](C)C3. The predicted octanol–water partition coefficient (Wildman–Crippen LogP) is 2.36. The zero-order chi connectivity index (χ0) is 14.8. The van der Waals surface area contributed by atoms with Crippen LogP contribution in [0.15, 0.2) is 6.33 Å². The van der Waals surface area contributed by atoms with E-state index in [1.54, 1.807) is 17.7 Å². The molecule has 1 atom stereocenters. The van der Waals surface area contributed by atoms with Crippen LogP contribution in [0.1, 0.15) is 30.7 Å². The molecule has 2 N–H and O–H groups in total. The van der Waals surface area contributed by atoms with Gasteiger partial charge in [-0.3, -0.25) is 4.79 Å². The molecule has 1 aliphatic rings. The van der Waals surface area contributed by atoms with Crippen LogP contribution in [-0.4, -0.2) is 29.0 Å². The van der Waals surface area contributed by atoms with Crippen molar-refractivity contribution in [2.24, 2.45) is 5.92 Å². The average molecular weight is 304 g/mol. The van der Waals surface area contributed by atoms with Crippen LogP contribution in [-0.2, 0) is 17.6 Å². The minimum atomic E-state index is -0.00784. The predicted molar refractivity (Wildman–Crippen MR) is 85.8 cm³/mol. The van der Waals surface area contributed by atoms with Crippen molar-refractivity contribution in [3.63, 3.8) is 0 Å². The number of hydrogen-bond acceptors (Lipinski definition) is 5. The molecule has 2 aromatic rings. The lowest BCUT2D eigenvalue weighted by Crippen LogP contribution is -2.26. The topological polar surface area (TPSA) is 66.9 Å². The first-order valence-electron chi connectivity index (χ1n) is 7.38. The third kappa shape index (κ3) is 3.00. The molecule has 112 valence electrons. The van der Waals surface area contributed by atoms with Crippen molar-refractivity contribution in [2.45, 2.75) is 33.1 Å². The number of rotatable bonds is 4. The molecule has 0 saturated carbocycles. The van der Waals surface area contributed by atoms with Crippen LogP contribution < -0.4 is 10.6 Å². The first kappa shape index (κ1) is 14.3. The van der Waals surface area contributed by atoms with Gasteiger partial charge in [-0.2, -0.15) is 0 Å². The second kappa shape index (κ2) is 5.97. The van der Waals surface area contributed by atoms with Gasteiger partial charge in [-0.15, -0.1) is 11.3 Å². The highest BCUT2D eigenvalue weighted by Gasteiger charge is 2.22. The van der Waals surface area contributed by atoms with Crippen molar-refractivity contribution >= 4 is 33.3 Å². The van der Waals surface area contributed by atoms with Gasteiger partial charge in [0.1, 0.15) is 17.0 Å². The molecule has 0 aliphatic heterocycles. The van der Waals surface area contributed by atoms with E-state index < -0.39 is 0 Å². The summed E-state index contributed by atoms with van der Waals surface area (Å²) >= 11 is 1.80. The molecule has 2 aromatic heterocycles. The zero-order valence-corrected chi connectivity index (χ0v) is 13.2. The van der Waals surface area contributed by atoms with Gasteiger partial charge < -0.3 is 10.6 Å². The van der Waals surface area contributed by atoms with Crippen molar-refractivity contribution in [1.82, 2.24) is 15.3 Å². The molecule has 0 aromatic carbocycles. The number of nitrogens with zero attached hydrogens (tertiary/aromatic N) is 2. The number of aromatic nitrogens is 2. The number of fused-ring (bicyclic) bond motifs is 3. The van der Waals surface area contributed by atoms with Gasteiger partial charge in [-0.1, -0.05) is 6.92 Å². The van der Waals surface area contributed by atoms with Gasteiger partial charge in [0.25, 0.3) is 0 Å². The molecule has 0 saturated heterocycles. The van der Waals surface area contributed by atoms with E-state index in [1.165, 1.54) is 29.2 Å². The Balaban J connectivity index is 1.84. The van der Waals surface area contributed by atoms with E-state index in [0.29, 0.717) is 13.1 Å². The van der Waals surface area contributed by atoms with Gasteiger partial charge in [0.05, 0.1) is 5.39 Å². The van der Waals surface area contributed by atoms with Gasteiger partial charge in [0.15, 0.2) is 0 Å². The highest BCUT2D eigenvalue weighted by molar-refractivity contribution is 7.19. The first-order valence-corrected chi connectivity index (χ1v) is 8.20. The number of aryl methyl sites for hydroxylation is 1. The molecule has 6 heteroatoms. The largest absolute Gasteiger partial charge is 0.368 e. The molecule has 0 spiro atoms. The molecule has 0 radical (unpaired) electrons. The van der Waals surface area contributed by atoms with E-state index in [-0.39, 0.29) is 5.91 Å². The molecular weight excluding hydrogens is 284 g/mol. The standard InChI is InChI=1S/C15H20N4OS/c1-9-3-4-11-12(7-9)21-15-13(11)14(18-8-19-15)17-6-5-16-10(2)20/h8-9H,3-7H2,1-2H3,(H,16,20)(H,17,18,19)/t9-/m0/s1. The fourth-order valence-corrected chi connectivity index (χ4v) is 4.18. The van der Waals surface area contributed by atoms with Gasteiger partial charge >= 0.3 is 0 Å². The summed E-state index contributed by atoms with van der Waals surface area (Å²) < 4.78 is 0. The lowest BCUT2D eigenvalue weighted by Gasteiger charge is -2.18. The van der Waals surface area contributed by atoms with E-state index in [9.17, 15) is 4.79 Å². The number of carbonyl (C=O) groups excluding carboxylic acids is 1. The van der Waals surface area contributed by atoms with Gasteiger partial charge in [0.2, 0.25) is 5.91 Å². The number of hydrogen-bond donors (Lipinski definition) is 2. The third-order valence-corrected chi connectivity index (χ3v) is 5.05. The smallest absolute Gasteiger partial charge is 0.216 e. The second-order valence-corrected chi connectivity index (χ2v) is 6.75. The first-order chi connectivity index (χ1) is 10.1. The van der Waals surface area contributed by atoms with E-state index in [1.807, 2.05) is 0 Å². The van der Waals surface area contributed by atoms with Crippen molar-refractivity contribution in [3.05, 3.63) is 16.8 Å². The molecular formula is C15H20N4OS. The Hall–Kier alpha value is -1.69. The maximum atomic E-state index is 10.9. The number of anilines is 1. The number of thiophene rings is 1. The van der Waals surface area contributed by atoms with E-state index in [2.05, 4.69) is 27.5 Å². The molecule has 2 heterocycles. The summed E-state index contributed by atoms with van der Waals surface area (Å²) in [5, 5.41) is 7.30. The third-order valence-electron chi connectivity index (χ3n) is 3.88. The van der Waals surface area contributed by atoms with Gasteiger partial charge in [0, 0.05) is 24.9 Å². The lowest BCUT2D eigenvalue weighted by molar-refractivity contribution is -0.118. The fourth-order valence-electron chi connectivity index (χ4n) is 2.83. The van der Waals surface area contributed by atoms with Crippen molar-refractivity contribution in [1.29, 1.82) is 0 Å². The van der Waals surface area contributed by atoms with Crippen molar-refractivity contribution < 1.29 is 4.79 Å². The Kier molecular flexibility index (Phi) is 4.05. The second-order valence-electron chi connectivity index (χ2n) is 5.66. The number of nitrogens with one attached hydrogen (secondary N) is 2. The lowest BCUT2D eigenvalue weighted by atomic mass is 9.89. The summed E-state index contributed by atoms with van der Waals surface area (Å²) in [7, 11) is 0. The molecule has 1 aliphatic carbocycles. The average Bonchev–Trinajstić information content (AvgIpc) is 2.81. The van der Waals surface area contributed by atoms with Crippen LogP contribution in [0.3, 0.4) is 0 Å². The number of amides is 1. The van der Waals surface area contributed by atoms with Crippen LogP contribution in [0.5, 0.6) is 0 Å². The normalized spacial score (nSPS) is 17.5. The summed E-state index contributed by atoms with van der Waals surface area (Å²) in [5.74, 6) is 1.65. The molecule has 5 nitrogen and oxygen atoms in total. The minimum Gasteiger partial charge on any atom is -0.368 e. The zero-order valence-electron chi connectivity index (χ0n) is 12.4. The van der Waals surface area contributed by atoms with Gasteiger partial charge in [-0.05, 0) is 30.7 Å². The summed E-state index contributed by atoms with van der Waals surface area (Å²) in [4.78, 5) is 22.2. The van der Waals surface area contributed by atoms with Crippen LogP contribution in [0, 0.1) is 5.92 Å². The summed E-state index contributed by atoms with van der Waals surface area (Å²) in [6.07, 6.45) is 5.12. The van der Waals surface area contributed by atoms with Crippen LogP contribution in [0.2, 0.25) is 0 Å². The Bertz CT molecular complexity index is 667. The van der Waals surface area contributed by atoms with E-state index in [0.717, 1.165) is 29.4 Å². The van der Waals surface area contributed by atoms with Crippen LogP contribution in [0.4, 0.5) is 5.82 Å². The van der Waals surface area contributed by atoms with E-state index in [4.69, 9.17) is 0 Å². The Morgan fingerprint density at radius 3 is 3.10 bits per heavy atom. The summed E-state index contributed by atoms with van der Waals surface area (Å²) in [5.41, 5.74) is 1.43. The van der Waals surface area contributed by atoms with Crippen molar-refractivity contribution in [2.75, 3.05) is 18.4 Å². The molecule has 1 amide bonds. The molecule has 21 heavy (non-hydrogen) atoms. The maximum Gasteiger partial charge on any atom is 0.216 e. The number of carbonyl (C=O) groups is 1. The Morgan fingerprint density at radius 2 is 2.29 bits per heavy atom. The van der Waals surface area contributed by atoms with Gasteiger partial charge in [-0.25, -0.2) is 9.97 Å². The quantitative estimate of drug-likeness (QED) is 0.851. The monoisotopic (exact) mass is 304 g/mol. The summed E-state index contributed by atoms with van der Waals surface area (Å²) in [6.45, 7) is 5.11. The molecule has 0 bridgehead atoms. The Morgan fingerprint density at radius 1 is 1.43 bits per heavy atom. The van der Waals surface area contributed by atoms with Crippen LogP contribution in [0.25, 0.3) is 10.2 Å². The minimum absolute atomic E-state index is 0.00784. The van der Waals surface area contributed by atoms with E-state index >= 15 is 0 Å². The van der Waals surface area contributed by atoms with Crippen LogP contribution >= 0.6 is 11.3 Å². The Labute approximate surface area is 128 Å². The highest BCUT2D eigenvalue weighted by atomic mass is 32.1. The molecule has 0 unspecified atom stereocenters.